The predicted molar refractivity (Wildman–Crippen MR) is 72.3 cm³/mol. The molecule has 0 radical (unpaired) electrons. The van der Waals surface area contributed by atoms with Gasteiger partial charge < -0.3 is 20.2 Å². The Bertz CT molecular complexity index is 217. The maximum Gasteiger partial charge on any atom is 0.0610 e. The van der Waals surface area contributed by atoms with Gasteiger partial charge in [-0.2, -0.15) is 0 Å². The van der Waals surface area contributed by atoms with Crippen LogP contribution < -0.4 is 5.32 Å². The number of aliphatic hydroxyl groups is 1. The molecule has 2 N–H and O–H groups in total. The Morgan fingerprint density at radius 3 is 2.71 bits per heavy atom. The van der Waals surface area contributed by atoms with Crippen molar-refractivity contribution >= 4 is 0 Å². The third kappa shape index (κ3) is 4.54. The summed E-state index contributed by atoms with van der Waals surface area (Å²) in [6.07, 6.45) is 3.60. The Morgan fingerprint density at radius 1 is 1.47 bits per heavy atom. The first-order valence-electron chi connectivity index (χ1n) is 6.69. The number of hydrogen-bond donors (Lipinski definition) is 2. The van der Waals surface area contributed by atoms with Crippen molar-refractivity contribution in [3.63, 3.8) is 0 Å². The molecule has 0 aliphatic carbocycles. The van der Waals surface area contributed by atoms with E-state index < -0.39 is 0 Å². The van der Waals surface area contributed by atoms with Crippen LogP contribution >= 0.6 is 0 Å². The first kappa shape index (κ1) is 14.9. The van der Waals surface area contributed by atoms with E-state index in [9.17, 15) is 5.11 Å². The minimum atomic E-state index is -0.134. The normalized spacial score (nSPS) is 26.1. The molecule has 0 saturated carbocycles. The second kappa shape index (κ2) is 6.69. The monoisotopic (exact) mass is 243 g/mol. The van der Waals surface area contributed by atoms with Gasteiger partial charge >= 0.3 is 0 Å². The average Bonchev–Trinajstić information content (AvgIpc) is 2.36. The van der Waals surface area contributed by atoms with Gasteiger partial charge in [0.25, 0.3) is 0 Å². The van der Waals surface area contributed by atoms with Gasteiger partial charge in [0.2, 0.25) is 0 Å². The zero-order valence-electron chi connectivity index (χ0n) is 11.9. The second-order valence-corrected chi connectivity index (χ2v) is 5.78. The number of piperidine rings is 1. The van der Waals surface area contributed by atoms with Crippen LogP contribution in [0.2, 0.25) is 0 Å². The summed E-state index contributed by atoms with van der Waals surface area (Å²) in [6.45, 7) is 5.73. The van der Waals surface area contributed by atoms with E-state index in [0.29, 0.717) is 6.04 Å². The summed E-state index contributed by atoms with van der Waals surface area (Å²) < 4.78 is 0. The molecular weight excluding hydrogens is 214 g/mol. The van der Waals surface area contributed by atoms with Gasteiger partial charge in [0.15, 0.2) is 0 Å². The van der Waals surface area contributed by atoms with E-state index in [1.165, 1.54) is 19.4 Å². The van der Waals surface area contributed by atoms with E-state index in [4.69, 9.17) is 0 Å². The third-order valence-electron chi connectivity index (χ3n) is 4.14. The van der Waals surface area contributed by atoms with Crippen molar-refractivity contribution in [1.82, 2.24) is 15.1 Å². The Morgan fingerprint density at radius 2 is 2.18 bits per heavy atom. The number of rotatable bonds is 6. The number of likely N-dealkylation sites (N-methyl/N-ethyl adjacent to an activating group) is 2. The topological polar surface area (TPSA) is 38.7 Å². The fourth-order valence-corrected chi connectivity index (χ4v) is 2.34. The zero-order valence-corrected chi connectivity index (χ0v) is 11.9. The van der Waals surface area contributed by atoms with Gasteiger partial charge in [-0.3, -0.25) is 0 Å². The van der Waals surface area contributed by atoms with Crippen molar-refractivity contribution in [3.05, 3.63) is 0 Å². The molecule has 102 valence electrons. The van der Waals surface area contributed by atoms with E-state index in [1.807, 2.05) is 7.05 Å². The van der Waals surface area contributed by atoms with Gasteiger partial charge in [-0.1, -0.05) is 0 Å². The average molecular weight is 243 g/mol. The molecule has 0 aromatic rings. The number of aliphatic hydroxyl groups excluding tert-OH is 1. The maximum atomic E-state index is 9.37. The van der Waals surface area contributed by atoms with Crippen molar-refractivity contribution in [2.75, 3.05) is 47.4 Å². The van der Waals surface area contributed by atoms with Crippen LogP contribution in [0.4, 0.5) is 0 Å². The molecule has 0 aromatic carbocycles. The third-order valence-corrected chi connectivity index (χ3v) is 4.14. The molecule has 4 nitrogen and oxygen atoms in total. The molecule has 0 aromatic heterocycles. The van der Waals surface area contributed by atoms with Crippen LogP contribution in [0, 0.1) is 0 Å². The Kier molecular flexibility index (Phi) is 5.86. The summed E-state index contributed by atoms with van der Waals surface area (Å²) in [5, 5.41) is 12.6. The molecule has 1 rings (SSSR count). The van der Waals surface area contributed by atoms with E-state index in [-0.39, 0.29) is 12.1 Å². The molecule has 4 heteroatoms. The summed E-state index contributed by atoms with van der Waals surface area (Å²) in [6, 6.07) is 0.693. The summed E-state index contributed by atoms with van der Waals surface area (Å²) in [7, 11) is 6.26. The van der Waals surface area contributed by atoms with Crippen molar-refractivity contribution < 1.29 is 5.11 Å². The standard InChI is InChI=1S/C13H29N3O/c1-13(11-17,14-2)7-9-16-8-5-6-12(10-16)15(3)4/h12,14,17H,5-11H2,1-4H3. The van der Waals surface area contributed by atoms with Crippen LogP contribution in [0.3, 0.4) is 0 Å². The number of hydrogen-bond acceptors (Lipinski definition) is 4. The summed E-state index contributed by atoms with van der Waals surface area (Å²) in [5.41, 5.74) is -0.134. The lowest BCUT2D eigenvalue weighted by Gasteiger charge is -2.38. The van der Waals surface area contributed by atoms with Crippen LogP contribution in [-0.2, 0) is 0 Å². The molecule has 1 fully saturated rings. The first-order valence-corrected chi connectivity index (χ1v) is 6.69. The Hall–Kier alpha value is -0.160. The molecule has 1 aliphatic heterocycles. The van der Waals surface area contributed by atoms with Gasteiger partial charge in [0.1, 0.15) is 0 Å². The quantitative estimate of drug-likeness (QED) is 0.707. The highest BCUT2D eigenvalue weighted by molar-refractivity contribution is 4.84. The lowest BCUT2D eigenvalue weighted by Crippen LogP contribution is -2.49. The second-order valence-electron chi connectivity index (χ2n) is 5.78. The fraction of sp³-hybridized carbons (Fsp3) is 1.00. The number of nitrogens with one attached hydrogen (secondary N) is 1. The van der Waals surface area contributed by atoms with Crippen LogP contribution in [-0.4, -0.2) is 73.9 Å². The highest BCUT2D eigenvalue weighted by Gasteiger charge is 2.25. The summed E-state index contributed by atoms with van der Waals surface area (Å²) >= 11 is 0. The SMILES string of the molecule is CNC(C)(CO)CCN1CCCC(N(C)C)C1. The molecular formula is C13H29N3O. The van der Waals surface area contributed by atoms with Crippen LogP contribution in [0.15, 0.2) is 0 Å². The van der Waals surface area contributed by atoms with E-state index in [2.05, 4.69) is 36.1 Å². The number of nitrogens with zero attached hydrogens (tertiary/aromatic N) is 2. The summed E-state index contributed by atoms with van der Waals surface area (Å²) in [5.74, 6) is 0. The van der Waals surface area contributed by atoms with Gasteiger partial charge in [-0.15, -0.1) is 0 Å². The van der Waals surface area contributed by atoms with Crippen molar-refractivity contribution in [1.29, 1.82) is 0 Å². The van der Waals surface area contributed by atoms with Gasteiger partial charge in [-0.25, -0.2) is 0 Å². The fourth-order valence-electron chi connectivity index (χ4n) is 2.34. The van der Waals surface area contributed by atoms with E-state index in [1.54, 1.807) is 0 Å². The minimum Gasteiger partial charge on any atom is -0.394 e. The lowest BCUT2D eigenvalue weighted by atomic mass is 9.97. The predicted octanol–water partition coefficient (Wildman–Crippen LogP) is 0.373. The van der Waals surface area contributed by atoms with Crippen LogP contribution in [0.25, 0.3) is 0 Å². The molecule has 2 unspecified atom stereocenters. The Balaban J connectivity index is 2.36. The molecule has 1 aliphatic rings. The first-order chi connectivity index (χ1) is 8.00. The molecule has 17 heavy (non-hydrogen) atoms. The molecule has 0 bridgehead atoms. The lowest BCUT2D eigenvalue weighted by molar-refractivity contribution is 0.109. The van der Waals surface area contributed by atoms with Gasteiger partial charge in [-0.05, 0) is 53.9 Å². The van der Waals surface area contributed by atoms with Gasteiger partial charge in [0.05, 0.1) is 6.61 Å². The highest BCUT2D eigenvalue weighted by Crippen LogP contribution is 2.16. The number of likely N-dealkylation sites (tertiary alicyclic amines) is 1. The molecule has 1 saturated heterocycles. The Labute approximate surface area is 106 Å². The minimum absolute atomic E-state index is 0.134. The van der Waals surface area contributed by atoms with Gasteiger partial charge in [0, 0.05) is 24.7 Å². The summed E-state index contributed by atoms with van der Waals surface area (Å²) in [4.78, 5) is 4.86. The van der Waals surface area contributed by atoms with Crippen molar-refractivity contribution in [2.24, 2.45) is 0 Å². The zero-order chi connectivity index (χ0) is 12.9. The molecule has 1 heterocycles. The van der Waals surface area contributed by atoms with Crippen molar-refractivity contribution in [2.45, 2.75) is 37.8 Å². The smallest absolute Gasteiger partial charge is 0.0610 e. The molecule has 0 spiro atoms. The van der Waals surface area contributed by atoms with Crippen LogP contribution in [0.5, 0.6) is 0 Å². The highest BCUT2D eigenvalue weighted by atomic mass is 16.3. The van der Waals surface area contributed by atoms with E-state index >= 15 is 0 Å². The largest absolute Gasteiger partial charge is 0.394 e. The maximum absolute atomic E-state index is 9.37. The van der Waals surface area contributed by atoms with Crippen molar-refractivity contribution in [3.8, 4) is 0 Å². The van der Waals surface area contributed by atoms with E-state index in [0.717, 1.165) is 19.5 Å². The van der Waals surface area contributed by atoms with Crippen LogP contribution in [0.1, 0.15) is 26.2 Å². The molecule has 2 atom stereocenters. The molecule has 0 amide bonds.